The molecule has 0 saturated carbocycles. The smallest absolute Gasteiger partial charge is 0.235 e. The first-order valence-corrected chi connectivity index (χ1v) is 6.85. The van der Waals surface area contributed by atoms with E-state index in [1.807, 2.05) is 6.07 Å². The molecule has 0 unspecified atom stereocenters. The van der Waals surface area contributed by atoms with Gasteiger partial charge in [-0.2, -0.15) is 5.26 Å². The molecule has 90 valence electrons. The highest BCUT2D eigenvalue weighted by Gasteiger charge is 2.27. The van der Waals surface area contributed by atoms with Gasteiger partial charge < -0.3 is 0 Å². The summed E-state index contributed by atoms with van der Waals surface area (Å²) >= 11 is 0. The molecule has 4 nitrogen and oxygen atoms in total. The van der Waals surface area contributed by atoms with Crippen LogP contribution < -0.4 is 4.31 Å². The van der Waals surface area contributed by atoms with Gasteiger partial charge in [0.25, 0.3) is 0 Å². The van der Waals surface area contributed by atoms with Crippen molar-refractivity contribution in [2.45, 2.75) is 12.8 Å². The van der Waals surface area contributed by atoms with Crippen molar-refractivity contribution in [1.29, 1.82) is 5.26 Å². The van der Waals surface area contributed by atoms with E-state index in [0.29, 0.717) is 13.0 Å². The fraction of sp³-hybridized carbons (Fsp3) is 0.364. The maximum Gasteiger partial charge on any atom is 0.235 e. The van der Waals surface area contributed by atoms with E-state index in [4.69, 9.17) is 5.26 Å². The van der Waals surface area contributed by atoms with E-state index in [2.05, 4.69) is 0 Å². The number of anilines is 1. The van der Waals surface area contributed by atoms with Crippen LogP contribution >= 0.6 is 0 Å². The number of nitriles is 1. The first kappa shape index (κ1) is 11.9. The van der Waals surface area contributed by atoms with Crippen LogP contribution in [-0.4, -0.2) is 20.7 Å². The third kappa shape index (κ3) is 2.24. The third-order valence-corrected chi connectivity index (χ3v) is 4.55. The van der Waals surface area contributed by atoms with E-state index in [1.165, 1.54) is 12.1 Å². The number of sulfonamides is 1. The van der Waals surface area contributed by atoms with Crippen molar-refractivity contribution in [3.8, 4) is 6.07 Å². The highest BCUT2D eigenvalue weighted by atomic mass is 32.2. The molecule has 1 aromatic carbocycles. The van der Waals surface area contributed by atoms with Gasteiger partial charge in [-0.3, -0.25) is 4.31 Å². The van der Waals surface area contributed by atoms with Gasteiger partial charge in [-0.05, 0) is 31.0 Å². The van der Waals surface area contributed by atoms with Crippen LogP contribution in [0.25, 0.3) is 0 Å². The SMILES string of the molecule is N#Cc1ccc(N2CCCCS2(=O)=O)c(F)c1. The van der Waals surface area contributed by atoms with Crippen molar-refractivity contribution < 1.29 is 12.8 Å². The van der Waals surface area contributed by atoms with E-state index >= 15 is 0 Å². The van der Waals surface area contributed by atoms with Gasteiger partial charge in [-0.25, -0.2) is 12.8 Å². The first-order valence-electron chi connectivity index (χ1n) is 5.25. The zero-order valence-corrected chi connectivity index (χ0v) is 9.87. The Balaban J connectivity index is 2.44. The molecule has 2 rings (SSSR count). The summed E-state index contributed by atoms with van der Waals surface area (Å²) in [5.74, 6) is -0.624. The molecule has 0 aliphatic carbocycles. The van der Waals surface area contributed by atoms with Gasteiger partial charge in [0.15, 0.2) is 0 Å². The van der Waals surface area contributed by atoms with Crippen molar-refractivity contribution in [2.24, 2.45) is 0 Å². The van der Waals surface area contributed by atoms with Gasteiger partial charge in [0, 0.05) is 6.54 Å². The Bertz CT molecular complexity index is 578. The van der Waals surface area contributed by atoms with Gasteiger partial charge in [0.05, 0.1) is 23.1 Å². The molecule has 1 aromatic rings. The van der Waals surface area contributed by atoms with Crippen molar-refractivity contribution in [2.75, 3.05) is 16.6 Å². The summed E-state index contributed by atoms with van der Waals surface area (Å²) in [7, 11) is -3.41. The van der Waals surface area contributed by atoms with E-state index in [-0.39, 0.29) is 17.0 Å². The summed E-state index contributed by atoms with van der Waals surface area (Å²) in [6.45, 7) is 0.297. The molecule has 0 atom stereocenters. The lowest BCUT2D eigenvalue weighted by Gasteiger charge is -2.28. The molecule has 0 spiro atoms. The second-order valence-electron chi connectivity index (χ2n) is 3.87. The average molecular weight is 254 g/mol. The predicted octanol–water partition coefficient (Wildman–Crippen LogP) is 1.63. The Morgan fingerprint density at radius 3 is 2.71 bits per heavy atom. The van der Waals surface area contributed by atoms with Crippen LogP contribution in [0.3, 0.4) is 0 Å². The van der Waals surface area contributed by atoms with Crippen LogP contribution in [0.2, 0.25) is 0 Å². The number of halogens is 1. The maximum atomic E-state index is 13.7. The number of nitrogens with zero attached hydrogens (tertiary/aromatic N) is 2. The fourth-order valence-electron chi connectivity index (χ4n) is 1.84. The lowest BCUT2D eigenvalue weighted by Crippen LogP contribution is -2.38. The molecule has 1 aliphatic heterocycles. The lowest BCUT2D eigenvalue weighted by molar-refractivity contribution is 0.568. The summed E-state index contributed by atoms with van der Waals surface area (Å²) < 4.78 is 38.4. The second kappa shape index (κ2) is 4.34. The fourth-order valence-corrected chi connectivity index (χ4v) is 3.48. The van der Waals surface area contributed by atoms with Crippen molar-refractivity contribution in [3.05, 3.63) is 29.6 Å². The molecule has 1 heterocycles. The third-order valence-electron chi connectivity index (χ3n) is 2.69. The molecule has 0 bridgehead atoms. The topological polar surface area (TPSA) is 61.2 Å². The van der Waals surface area contributed by atoms with Gasteiger partial charge in [-0.1, -0.05) is 0 Å². The largest absolute Gasteiger partial charge is 0.267 e. The summed E-state index contributed by atoms with van der Waals surface area (Å²) in [6, 6.07) is 5.63. The quantitative estimate of drug-likeness (QED) is 0.765. The zero-order chi connectivity index (χ0) is 12.5. The number of hydrogen-bond acceptors (Lipinski definition) is 3. The van der Waals surface area contributed by atoms with Crippen LogP contribution in [0.5, 0.6) is 0 Å². The molecule has 1 saturated heterocycles. The molecule has 17 heavy (non-hydrogen) atoms. The van der Waals surface area contributed by atoms with E-state index in [9.17, 15) is 12.8 Å². The van der Waals surface area contributed by atoms with Crippen molar-refractivity contribution in [3.63, 3.8) is 0 Å². The number of rotatable bonds is 1. The molecule has 0 amide bonds. The van der Waals surface area contributed by atoms with Crippen LogP contribution in [-0.2, 0) is 10.0 Å². The Hall–Kier alpha value is -1.61. The van der Waals surface area contributed by atoms with E-state index < -0.39 is 15.8 Å². The minimum absolute atomic E-state index is 0.0312. The minimum atomic E-state index is -3.41. The standard InChI is InChI=1S/C11H11FN2O2S/c12-10-7-9(8-13)3-4-11(10)14-5-1-2-6-17(14,15)16/h3-4,7H,1-2,5-6H2. The highest BCUT2D eigenvalue weighted by molar-refractivity contribution is 7.92. The van der Waals surface area contributed by atoms with Gasteiger partial charge in [0.1, 0.15) is 5.82 Å². The van der Waals surface area contributed by atoms with Crippen LogP contribution in [0.4, 0.5) is 10.1 Å². The highest BCUT2D eigenvalue weighted by Crippen LogP contribution is 2.26. The zero-order valence-electron chi connectivity index (χ0n) is 9.06. The van der Waals surface area contributed by atoms with Crippen molar-refractivity contribution >= 4 is 15.7 Å². The molecule has 1 aliphatic rings. The second-order valence-corrected chi connectivity index (χ2v) is 5.89. The summed E-state index contributed by atoms with van der Waals surface area (Å²) in [5, 5.41) is 8.62. The Morgan fingerprint density at radius 2 is 2.12 bits per heavy atom. The molecular formula is C11H11FN2O2S. The van der Waals surface area contributed by atoms with Crippen molar-refractivity contribution in [1.82, 2.24) is 0 Å². The summed E-state index contributed by atoms with van der Waals surface area (Å²) in [4.78, 5) is 0. The average Bonchev–Trinajstić information content (AvgIpc) is 2.29. The Labute approximate surface area is 99.3 Å². The first-order chi connectivity index (χ1) is 8.04. The summed E-state index contributed by atoms with van der Waals surface area (Å²) in [6.07, 6.45) is 1.33. The molecule has 6 heteroatoms. The molecule has 0 radical (unpaired) electrons. The molecular weight excluding hydrogens is 243 g/mol. The predicted molar refractivity (Wildman–Crippen MR) is 61.5 cm³/mol. The van der Waals surface area contributed by atoms with Gasteiger partial charge in [0.2, 0.25) is 10.0 Å². The Morgan fingerprint density at radius 1 is 1.35 bits per heavy atom. The normalized spacial score (nSPS) is 18.7. The van der Waals surface area contributed by atoms with Gasteiger partial charge >= 0.3 is 0 Å². The number of hydrogen-bond donors (Lipinski definition) is 0. The molecule has 1 fully saturated rings. The molecule has 0 N–H and O–H groups in total. The van der Waals surface area contributed by atoms with Crippen LogP contribution in [0, 0.1) is 17.1 Å². The maximum absolute atomic E-state index is 13.7. The monoisotopic (exact) mass is 254 g/mol. The van der Waals surface area contributed by atoms with E-state index in [1.54, 1.807) is 0 Å². The minimum Gasteiger partial charge on any atom is -0.267 e. The summed E-state index contributed by atoms with van der Waals surface area (Å²) in [5.41, 5.74) is 0.212. The Kier molecular flexibility index (Phi) is 3.03. The van der Waals surface area contributed by atoms with Crippen LogP contribution in [0.15, 0.2) is 18.2 Å². The molecule has 0 aromatic heterocycles. The van der Waals surface area contributed by atoms with E-state index in [0.717, 1.165) is 16.8 Å². The van der Waals surface area contributed by atoms with Gasteiger partial charge in [-0.15, -0.1) is 0 Å². The number of benzene rings is 1. The van der Waals surface area contributed by atoms with Crippen LogP contribution in [0.1, 0.15) is 18.4 Å². The lowest BCUT2D eigenvalue weighted by atomic mass is 10.2.